The van der Waals surface area contributed by atoms with Crippen LogP contribution in [-0.4, -0.2) is 14.6 Å². The summed E-state index contributed by atoms with van der Waals surface area (Å²) in [4.78, 5) is 0.396. The molecule has 0 unspecified atom stereocenters. The first-order valence-corrected chi connectivity index (χ1v) is 32.3. The molecule has 0 spiro atoms. The summed E-state index contributed by atoms with van der Waals surface area (Å²) in [6, 6.07) is 41.3. The molecular formula is C64H95O3PS. The molecule has 0 radical (unpaired) electrons. The Morgan fingerprint density at radius 3 is 1.06 bits per heavy atom. The molecule has 0 fully saturated rings. The van der Waals surface area contributed by atoms with E-state index in [0.717, 1.165) is 64.4 Å². The summed E-state index contributed by atoms with van der Waals surface area (Å²) in [5.74, 6) is 0. The van der Waals surface area contributed by atoms with E-state index in [1.807, 2.05) is 66.7 Å². The Bertz CT molecular complexity index is 2120. The minimum absolute atomic E-state index is 0.396. The van der Waals surface area contributed by atoms with E-state index in [2.05, 4.69) is 75.4 Å². The van der Waals surface area contributed by atoms with Crippen LogP contribution >= 0.6 is 6.83 Å². The fraction of sp³-hybridized carbons (Fsp3) is 0.562. The minimum atomic E-state index is -4.39. The van der Waals surface area contributed by atoms with Crippen molar-refractivity contribution in [3.8, 4) is 0 Å². The maximum atomic E-state index is 16.1. The van der Waals surface area contributed by atoms with Gasteiger partial charge in [-0.15, -0.1) is 0 Å². The monoisotopic (exact) mass is 975 g/mol. The van der Waals surface area contributed by atoms with Crippen LogP contribution in [0.15, 0.2) is 126 Å². The van der Waals surface area contributed by atoms with Gasteiger partial charge in [0.05, 0.1) is 0 Å². The SMILES string of the molecule is CCCCCCCCCCCCCCCCCc1cc2ccccc2c(S(=O)(=O)OP(CC)(c2ccccc2)(c2ccccc2)c2ccccc2)c1CCCCCCCCCCCCCCCCC. The molecule has 0 aliphatic carbocycles. The maximum absolute atomic E-state index is 16.1. The third-order valence-corrected chi connectivity index (χ3v) is 23.7. The van der Waals surface area contributed by atoms with Crippen molar-refractivity contribution in [3.05, 3.63) is 132 Å². The molecule has 69 heavy (non-hydrogen) atoms. The van der Waals surface area contributed by atoms with Gasteiger partial charge in [-0.1, -0.05) is 123 Å². The summed E-state index contributed by atoms with van der Waals surface area (Å²) in [5, 5.41) is 4.53. The van der Waals surface area contributed by atoms with E-state index in [4.69, 9.17) is 3.97 Å². The van der Waals surface area contributed by atoms with Crippen LogP contribution in [0.2, 0.25) is 0 Å². The van der Waals surface area contributed by atoms with Crippen molar-refractivity contribution in [1.82, 2.24) is 0 Å². The Hall–Kier alpha value is -3.30. The van der Waals surface area contributed by atoms with Crippen molar-refractivity contribution in [1.29, 1.82) is 0 Å². The standard InChI is InChI=1S/C64H95O3PS/c1-4-7-9-11-13-15-17-19-21-23-25-27-29-31-36-46-57-56-58-47-44-45-55-63(58)64(62(57)54-43-32-30-28-26-24-22-20-18-16-14-12-10-8-5-2)69(65,66)67-68(6-3,59-48-37-33-38-49-59,60-50-39-34-40-51-60)61-52-41-35-42-53-61/h33-35,37-42,44-45,47-53,55-56H,4-32,36,43,46,54H2,1-3H3. The number of fused-ring (bicyclic) bond motifs is 1. The molecule has 3 nitrogen and oxygen atoms in total. The van der Waals surface area contributed by atoms with Crippen molar-refractivity contribution in [3.63, 3.8) is 0 Å². The molecule has 5 rings (SSSR count). The van der Waals surface area contributed by atoms with Crippen molar-refractivity contribution in [2.75, 3.05) is 6.16 Å². The minimum Gasteiger partial charge on any atom is -0.0654 e. The molecule has 0 saturated carbocycles. The molecule has 0 amide bonds. The first-order chi connectivity index (χ1) is 33.9. The van der Waals surface area contributed by atoms with Crippen LogP contribution in [0.25, 0.3) is 10.8 Å². The zero-order valence-electron chi connectivity index (χ0n) is 44.0. The summed E-state index contributed by atoms with van der Waals surface area (Å²) in [6.45, 7) is 2.55. The van der Waals surface area contributed by atoms with Crippen molar-refractivity contribution >= 4 is 43.6 Å². The summed E-state index contributed by atoms with van der Waals surface area (Å²) < 4.78 is 39.7. The summed E-state index contributed by atoms with van der Waals surface area (Å²) in [5.41, 5.74) is 2.17. The molecule has 5 aromatic carbocycles. The molecule has 0 aromatic heterocycles. The Kier molecular flexibility index (Phi) is 26.2. The normalized spacial score (nSPS) is 12.7. The number of aryl methyl sites for hydroxylation is 1. The van der Waals surface area contributed by atoms with Gasteiger partial charge in [-0.3, -0.25) is 0 Å². The number of hydrogen-bond donors (Lipinski definition) is 0. The summed E-state index contributed by atoms with van der Waals surface area (Å²) >= 11 is 0. The molecule has 0 N–H and O–H groups in total. The van der Waals surface area contributed by atoms with E-state index in [9.17, 15) is 0 Å². The second-order valence-electron chi connectivity index (χ2n) is 20.5. The van der Waals surface area contributed by atoms with E-state index in [-0.39, 0.29) is 0 Å². The molecular weight excluding hydrogens is 880 g/mol. The first-order valence-electron chi connectivity index (χ1n) is 28.6. The van der Waals surface area contributed by atoms with E-state index in [1.54, 1.807) is 0 Å². The fourth-order valence-electron chi connectivity index (χ4n) is 11.2. The zero-order valence-corrected chi connectivity index (χ0v) is 45.7. The van der Waals surface area contributed by atoms with Crippen LogP contribution in [0.3, 0.4) is 0 Å². The number of rotatable bonds is 39. The van der Waals surface area contributed by atoms with Gasteiger partial charge in [-0.05, 0) is 0 Å². The Labute approximate surface area is 423 Å². The van der Waals surface area contributed by atoms with Gasteiger partial charge in [0.1, 0.15) is 0 Å². The van der Waals surface area contributed by atoms with Gasteiger partial charge in [0.15, 0.2) is 0 Å². The predicted octanol–water partition coefficient (Wildman–Crippen LogP) is 18.8. The predicted molar refractivity (Wildman–Crippen MR) is 305 cm³/mol. The summed E-state index contributed by atoms with van der Waals surface area (Å²) in [6.07, 6.45) is 41.7. The molecule has 0 saturated heterocycles. The molecule has 0 atom stereocenters. The van der Waals surface area contributed by atoms with E-state index < -0.39 is 16.9 Å². The number of unbranched alkanes of at least 4 members (excludes halogenated alkanes) is 28. The summed E-state index contributed by atoms with van der Waals surface area (Å²) in [7, 11) is -4.39. The molecule has 5 aromatic rings. The van der Waals surface area contributed by atoms with Gasteiger partial charge in [-0.2, -0.15) is 0 Å². The van der Waals surface area contributed by atoms with Gasteiger partial charge in [-0.25, -0.2) is 0 Å². The van der Waals surface area contributed by atoms with E-state index in [0.29, 0.717) is 11.1 Å². The average molecular weight is 976 g/mol. The molecule has 0 bridgehead atoms. The number of hydrogen-bond acceptors (Lipinski definition) is 3. The quantitative estimate of drug-likeness (QED) is 0.0291. The van der Waals surface area contributed by atoms with Crippen LogP contribution in [0, 0.1) is 0 Å². The van der Waals surface area contributed by atoms with E-state index in [1.165, 1.54) is 179 Å². The van der Waals surface area contributed by atoms with Crippen LogP contribution in [0.1, 0.15) is 225 Å². The fourth-order valence-corrected chi connectivity index (χ4v) is 20.1. The van der Waals surface area contributed by atoms with Crippen LogP contribution in [0.5, 0.6) is 0 Å². The third-order valence-electron chi connectivity index (χ3n) is 15.3. The van der Waals surface area contributed by atoms with Gasteiger partial charge in [0, 0.05) is 0 Å². The Morgan fingerprint density at radius 2 is 0.696 bits per heavy atom. The molecule has 380 valence electrons. The molecule has 0 aliphatic heterocycles. The van der Waals surface area contributed by atoms with E-state index >= 15 is 8.42 Å². The Balaban J connectivity index is 1.36. The van der Waals surface area contributed by atoms with Crippen LogP contribution < -0.4 is 15.9 Å². The number of benzene rings is 5. The van der Waals surface area contributed by atoms with Crippen molar-refractivity contribution in [2.24, 2.45) is 0 Å². The Morgan fingerprint density at radius 1 is 0.377 bits per heavy atom. The van der Waals surface area contributed by atoms with Crippen LogP contribution in [-0.2, 0) is 26.9 Å². The smallest absolute Gasteiger partial charge is 0.0654 e. The average Bonchev–Trinajstić information content (AvgIpc) is 3.38. The van der Waals surface area contributed by atoms with Gasteiger partial charge >= 0.3 is 303 Å². The van der Waals surface area contributed by atoms with Gasteiger partial charge in [0.25, 0.3) is 0 Å². The van der Waals surface area contributed by atoms with Gasteiger partial charge < -0.3 is 0 Å². The van der Waals surface area contributed by atoms with Crippen molar-refractivity contribution < 1.29 is 12.4 Å². The first kappa shape index (κ1) is 56.6. The zero-order chi connectivity index (χ0) is 48.7. The van der Waals surface area contributed by atoms with Gasteiger partial charge in [0.2, 0.25) is 0 Å². The molecule has 0 aliphatic rings. The topological polar surface area (TPSA) is 43.4 Å². The molecule has 0 heterocycles. The molecule has 5 heteroatoms. The third kappa shape index (κ3) is 16.9. The second-order valence-corrected chi connectivity index (χ2v) is 27.0. The second kappa shape index (κ2) is 31.9. The van der Waals surface area contributed by atoms with Crippen LogP contribution in [0.4, 0.5) is 0 Å². The van der Waals surface area contributed by atoms with Crippen molar-refractivity contribution in [2.45, 2.75) is 231 Å².